The van der Waals surface area contributed by atoms with Gasteiger partial charge in [0.15, 0.2) is 5.96 Å². The van der Waals surface area contributed by atoms with Crippen molar-refractivity contribution in [1.82, 2.24) is 10.6 Å². The lowest BCUT2D eigenvalue weighted by atomic mass is 10.2. The highest BCUT2D eigenvalue weighted by Gasteiger charge is 2.04. The SMILES string of the molecule is CCNC(=NCc1ccccc1OC)NC(C)CC.I. The Morgan fingerprint density at radius 2 is 2.00 bits per heavy atom. The van der Waals surface area contributed by atoms with Crippen molar-refractivity contribution in [3.8, 4) is 5.75 Å². The number of hydrogen-bond acceptors (Lipinski definition) is 2. The summed E-state index contributed by atoms with van der Waals surface area (Å²) in [5.74, 6) is 1.73. The van der Waals surface area contributed by atoms with Gasteiger partial charge in [-0.3, -0.25) is 0 Å². The van der Waals surface area contributed by atoms with Gasteiger partial charge in [-0.05, 0) is 26.3 Å². The van der Waals surface area contributed by atoms with Crippen LogP contribution >= 0.6 is 24.0 Å². The van der Waals surface area contributed by atoms with E-state index in [4.69, 9.17) is 4.74 Å². The first-order valence-electron chi connectivity index (χ1n) is 6.88. The lowest BCUT2D eigenvalue weighted by molar-refractivity contribution is 0.410. The number of benzene rings is 1. The van der Waals surface area contributed by atoms with E-state index in [9.17, 15) is 0 Å². The van der Waals surface area contributed by atoms with Crippen LogP contribution < -0.4 is 15.4 Å². The number of guanidine groups is 1. The molecule has 0 amide bonds. The maximum atomic E-state index is 5.33. The zero-order valence-corrected chi connectivity index (χ0v) is 15.1. The van der Waals surface area contributed by atoms with Crippen LogP contribution in [-0.2, 0) is 6.54 Å². The van der Waals surface area contributed by atoms with Crippen molar-refractivity contribution in [2.45, 2.75) is 39.8 Å². The van der Waals surface area contributed by atoms with E-state index >= 15 is 0 Å². The number of nitrogens with one attached hydrogen (secondary N) is 2. The smallest absolute Gasteiger partial charge is 0.191 e. The number of nitrogens with zero attached hydrogens (tertiary/aromatic N) is 1. The van der Waals surface area contributed by atoms with Crippen LogP contribution in [0.5, 0.6) is 5.75 Å². The molecule has 4 nitrogen and oxygen atoms in total. The molecule has 0 aromatic heterocycles. The molecular formula is C15H26IN3O. The molecule has 2 N–H and O–H groups in total. The van der Waals surface area contributed by atoms with Crippen LogP contribution in [0.4, 0.5) is 0 Å². The summed E-state index contributed by atoms with van der Waals surface area (Å²) < 4.78 is 5.33. The monoisotopic (exact) mass is 391 g/mol. The molecule has 0 saturated carbocycles. The molecule has 1 atom stereocenters. The third-order valence-corrected chi connectivity index (χ3v) is 2.94. The van der Waals surface area contributed by atoms with E-state index in [0.717, 1.165) is 30.2 Å². The second kappa shape index (κ2) is 10.8. The van der Waals surface area contributed by atoms with Crippen LogP contribution in [0, 0.1) is 0 Å². The van der Waals surface area contributed by atoms with Gasteiger partial charge in [0.05, 0.1) is 13.7 Å². The standard InChI is InChI=1S/C15H25N3O.HI/c1-5-12(3)18-15(16-6-2)17-11-13-9-7-8-10-14(13)19-4;/h7-10,12H,5-6,11H2,1-4H3,(H2,16,17,18);1H. The highest BCUT2D eigenvalue weighted by molar-refractivity contribution is 14.0. The molecule has 0 fully saturated rings. The Labute approximate surface area is 139 Å². The van der Waals surface area contributed by atoms with Gasteiger partial charge in [0.2, 0.25) is 0 Å². The molecule has 1 unspecified atom stereocenters. The molecule has 1 aromatic rings. The maximum absolute atomic E-state index is 5.33. The summed E-state index contributed by atoms with van der Waals surface area (Å²) in [4.78, 5) is 4.59. The van der Waals surface area contributed by atoms with Crippen molar-refractivity contribution in [3.63, 3.8) is 0 Å². The van der Waals surface area contributed by atoms with Gasteiger partial charge in [-0.25, -0.2) is 4.99 Å². The van der Waals surface area contributed by atoms with Crippen LogP contribution in [0.2, 0.25) is 0 Å². The molecule has 0 radical (unpaired) electrons. The number of rotatable bonds is 6. The van der Waals surface area contributed by atoms with E-state index in [-0.39, 0.29) is 24.0 Å². The summed E-state index contributed by atoms with van der Waals surface area (Å²) in [6, 6.07) is 8.38. The van der Waals surface area contributed by atoms with E-state index in [1.807, 2.05) is 24.3 Å². The van der Waals surface area contributed by atoms with Gasteiger partial charge < -0.3 is 15.4 Å². The summed E-state index contributed by atoms with van der Waals surface area (Å²) in [6.45, 7) is 7.83. The Hall–Kier alpha value is -0.980. The van der Waals surface area contributed by atoms with Gasteiger partial charge in [0, 0.05) is 18.2 Å². The van der Waals surface area contributed by atoms with Crippen molar-refractivity contribution in [3.05, 3.63) is 29.8 Å². The van der Waals surface area contributed by atoms with Crippen LogP contribution in [0.3, 0.4) is 0 Å². The molecule has 20 heavy (non-hydrogen) atoms. The van der Waals surface area contributed by atoms with Gasteiger partial charge in [-0.1, -0.05) is 25.1 Å². The van der Waals surface area contributed by atoms with Crippen molar-refractivity contribution in [2.75, 3.05) is 13.7 Å². The average Bonchev–Trinajstić information content (AvgIpc) is 2.45. The Bertz CT molecular complexity index is 410. The predicted molar refractivity (Wildman–Crippen MR) is 96.1 cm³/mol. The number of para-hydroxylation sites is 1. The molecule has 0 bridgehead atoms. The summed E-state index contributed by atoms with van der Waals surface area (Å²) in [5.41, 5.74) is 1.09. The maximum Gasteiger partial charge on any atom is 0.191 e. The lowest BCUT2D eigenvalue weighted by Crippen LogP contribution is -2.41. The molecule has 1 rings (SSSR count). The fraction of sp³-hybridized carbons (Fsp3) is 0.533. The Kier molecular flexibility index (Phi) is 10.2. The highest BCUT2D eigenvalue weighted by atomic mass is 127. The molecule has 0 saturated heterocycles. The Morgan fingerprint density at radius 1 is 1.30 bits per heavy atom. The number of aliphatic imine (C=N–C) groups is 1. The van der Waals surface area contributed by atoms with Gasteiger partial charge >= 0.3 is 0 Å². The van der Waals surface area contributed by atoms with Crippen LogP contribution in [0.1, 0.15) is 32.8 Å². The quantitative estimate of drug-likeness (QED) is 0.445. The topological polar surface area (TPSA) is 45.7 Å². The summed E-state index contributed by atoms with van der Waals surface area (Å²) in [7, 11) is 1.69. The number of methoxy groups -OCH3 is 1. The first-order chi connectivity index (χ1) is 9.21. The minimum absolute atomic E-state index is 0. The van der Waals surface area contributed by atoms with Gasteiger partial charge in [0.1, 0.15) is 5.75 Å². The number of hydrogen-bond donors (Lipinski definition) is 2. The fourth-order valence-electron chi connectivity index (χ4n) is 1.65. The van der Waals surface area contributed by atoms with Crippen molar-refractivity contribution in [1.29, 1.82) is 0 Å². The second-order valence-electron chi connectivity index (χ2n) is 4.46. The first kappa shape index (κ1) is 19.0. The minimum Gasteiger partial charge on any atom is -0.496 e. The summed E-state index contributed by atoms with van der Waals surface area (Å²) in [6.07, 6.45) is 1.07. The van der Waals surface area contributed by atoms with E-state index in [1.54, 1.807) is 7.11 Å². The predicted octanol–water partition coefficient (Wildman–Crippen LogP) is 3.17. The third kappa shape index (κ3) is 6.45. The molecule has 0 heterocycles. The number of halogens is 1. The van der Waals surface area contributed by atoms with Gasteiger partial charge in [-0.2, -0.15) is 0 Å². The molecule has 1 aromatic carbocycles. The summed E-state index contributed by atoms with van der Waals surface area (Å²) in [5, 5.41) is 6.63. The molecule has 0 spiro atoms. The van der Waals surface area contributed by atoms with Crippen LogP contribution in [0.15, 0.2) is 29.3 Å². The normalized spacial score (nSPS) is 12.3. The van der Waals surface area contributed by atoms with E-state index in [0.29, 0.717) is 12.6 Å². The van der Waals surface area contributed by atoms with Crippen LogP contribution in [0.25, 0.3) is 0 Å². The zero-order valence-electron chi connectivity index (χ0n) is 12.8. The number of ether oxygens (including phenoxy) is 1. The molecule has 114 valence electrons. The molecule has 0 aliphatic carbocycles. The minimum atomic E-state index is 0. The largest absolute Gasteiger partial charge is 0.496 e. The van der Waals surface area contributed by atoms with Gasteiger partial charge in [-0.15, -0.1) is 24.0 Å². The van der Waals surface area contributed by atoms with Crippen LogP contribution in [-0.4, -0.2) is 25.7 Å². The van der Waals surface area contributed by atoms with Crippen molar-refractivity contribution >= 4 is 29.9 Å². The van der Waals surface area contributed by atoms with E-state index < -0.39 is 0 Å². The third-order valence-electron chi connectivity index (χ3n) is 2.94. The highest BCUT2D eigenvalue weighted by Crippen LogP contribution is 2.17. The Morgan fingerprint density at radius 3 is 2.60 bits per heavy atom. The lowest BCUT2D eigenvalue weighted by Gasteiger charge is -2.16. The molecule has 0 aliphatic heterocycles. The van der Waals surface area contributed by atoms with Gasteiger partial charge in [0.25, 0.3) is 0 Å². The second-order valence-corrected chi connectivity index (χ2v) is 4.46. The van der Waals surface area contributed by atoms with Crippen molar-refractivity contribution in [2.24, 2.45) is 4.99 Å². The molecule has 0 aliphatic rings. The molecule has 5 heteroatoms. The average molecular weight is 391 g/mol. The molecular weight excluding hydrogens is 365 g/mol. The first-order valence-corrected chi connectivity index (χ1v) is 6.88. The zero-order chi connectivity index (χ0) is 14.1. The Balaban J connectivity index is 0.00000361. The summed E-state index contributed by atoms with van der Waals surface area (Å²) >= 11 is 0. The van der Waals surface area contributed by atoms with Crippen molar-refractivity contribution < 1.29 is 4.74 Å². The van der Waals surface area contributed by atoms with E-state index in [1.165, 1.54) is 0 Å². The van der Waals surface area contributed by atoms with E-state index in [2.05, 4.69) is 36.4 Å². The fourth-order valence-corrected chi connectivity index (χ4v) is 1.65.